The van der Waals surface area contributed by atoms with Gasteiger partial charge in [0, 0.05) is 16.5 Å². The van der Waals surface area contributed by atoms with Gasteiger partial charge in [0.15, 0.2) is 5.17 Å². The Morgan fingerprint density at radius 2 is 2.04 bits per heavy atom. The summed E-state index contributed by atoms with van der Waals surface area (Å²) >= 11 is 1.09. The number of hydrogen-bond acceptors (Lipinski definition) is 5. The van der Waals surface area contributed by atoms with E-state index in [4.69, 9.17) is 15.9 Å². The second kappa shape index (κ2) is 8.54. The number of fused-ring (bicyclic) bond motifs is 1. The number of ether oxygens (including phenoxy) is 1. The zero-order chi connectivity index (χ0) is 18.5. The molecule has 0 spiro atoms. The fourth-order valence-corrected chi connectivity index (χ4v) is 4.37. The van der Waals surface area contributed by atoms with Crippen molar-refractivity contribution in [3.05, 3.63) is 35.5 Å². The Hall–Kier alpha value is -2.08. The van der Waals surface area contributed by atoms with Crippen LogP contribution in [0.5, 0.6) is 0 Å². The van der Waals surface area contributed by atoms with Gasteiger partial charge in [-0.15, -0.1) is 0 Å². The fourth-order valence-electron chi connectivity index (χ4n) is 3.63. The summed E-state index contributed by atoms with van der Waals surface area (Å²) in [5.74, 6) is 0.119. The summed E-state index contributed by atoms with van der Waals surface area (Å²) in [5.41, 5.74) is 8.10. The molecule has 0 amide bonds. The molecule has 26 heavy (non-hydrogen) atoms. The van der Waals surface area contributed by atoms with E-state index in [0.717, 1.165) is 22.7 Å². The van der Waals surface area contributed by atoms with Crippen molar-refractivity contribution in [1.29, 1.82) is 5.41 Å². The maximum absolute atomic E-state index is 12.3. The SMILES string of the molecule is CCOC(=O)c1cnc2ccc(C3CCCCCC3)cc2c1SC(=N)N. The minimum atomic E-state index is -0.425. The Kier molecular flexibility index (Phi) is 6.14. The van der Waals surface area contributed by atoms with Crippen molar-refractivity contribution in [2.24, 2.45) is 5.73 Å². The second-order valence-electron chi connectivity index (χ2n) is 6.65. The lowest BCUT2D eigenvalue weighted by atomic mass is 9.91. The molecule has 1 aromatic carbocycles. The van der Waals surface area contributed by atoms with Gasteiger partial charge in [-0.3, -0.25) is 10.4 Å². The van der Waals surface area contributed by atoms with E-state index in [-0.39, 0.29) is 5.17 Å². The molecule has 0 radical (unpaired) electrons. The van der Waals surface area contributed by atoms with E-state index in [1.165, 1.54) is 50.3 Å². The average molecular weight is 372 g/mol. The summed E-state index contributed by atoms with van der Waals surface area (Å²) in [4.78, 5) is 17.4. The highest BCUT2D eigenvalue weighted by Crippen LogP contribution is 2.36. The van der Waals surface area contributed by atoms with Crippen LogP contribution in [-0.4, -0.2) is 22.7 Å². The largest absolute Gasteiger partial charge is 0.462 e. The molecule has 138 valence electrons. The Morgan fingerprint density at radius 1 is 1.31 bits per heavy atom. The van der Waals surface area contributed by atoms with Gasteiger partial charge in [-0.25, -0.2) is 4.79 Å². The molecule has 0 aliphatic heterocycles. The quantitative estimate of drug-likeness (QED) is 0.264. The molecule has 5 nitrogen and oxygen atoms in total. The Balaban J connectivity index is 2.09. The standard InChI is InChI=1S/C20H25N3O2S/c1-2-25-19(24)16-12-23-17-10-9-14(13-7-5-3-4-6-8-13)11-15(17)18(16)26-20(21)22/h9-13H,2-8H2,1H3,(H3,21,22). The minimum Gasteiger partial charge on any atom is -0.462 e. The Labute approximate surface area is 158 Å². The summed E-state index contributed by atoms with van der Waals surface area (Å²) in [6, 6.07) is 6.29. The van der Waals surface area contributed by atoms with Gasteiger partial charge in [-0.1, -0.05) is 43.5 Å². The van der Waals surface area contributed by atoms with E-state index >= 15 is 0 Å². The average Bonchev–Trinajstić information content (AvgIpc) is 2.91. The fraction of sp³-hybridized carbons (Fsp3) is 0.450. The molecule has 1 fully saturated rings. The number of nitrogens with one attached hydrogen (secondary N) is 1. The third-order valence-electron chi connectivity index (χ3n) is 4.88. The zero-order valence-electron chi connectivity index (χ0n) is 15.1. The molecule has 0 bridgehead atoms. The zero-order valence-corrected chi connectivity index (χ0v) is 15.9. The number of amidine groups is 1. The van der Waals surface area contributed by atoms with Gasteiger partial charge in [0.2, 0.25) is 0 Å². The lowest BCUT2D eigenvalue weighted by Crippen LogP contribution is -2.10. The molecule has 3 rings (SSSR count). The van der Waals surface area contributed by atoms with Crippen molar-refractivity contribution in [2.45, 2.75) is 56.3 Å². The number of benzene rings is 1. The van der Waals surface area contributed by atoms with E-state index in [1.54, 1.807) is 6.92 Å². The molecule has 1 aromatic heterocycles. The molecule has 1 aliphatic rings. The van der Waals surface area contributed by atoms with E-state index < -0.39 is 5.97 Å². The van der Waals surface area contributed by atoms with Gasteiger partial charge >= 0.3 is 5.97 Å². The first kappa shape index (κ1) is 18.7. The predicted octanol–water partition coefficient (Wildman–Crippen LogP) is 4.83. The molecule has 2 aromatic rings. The van der Waals surface area contributed by atoms with Crippen LogP contribution in [0.1, 0.15) is 67.3 Å². The number of carbonyl (C=O) groups is 1. The molecule has 0 unspecified atom stereocenters. The molecule has 0 saturated heterocycles. The molecule has 1 aliphatic carbocycles. The number of nitrogens with two attached hydrogens (primary N) is 1. The first-order valence-electron chi connectivity index (χ1n) is 9.21. The van der Waals surface area contributed by atoms with E-state index in [0.29, 0.717) is 23.0 Å². The first-order chi connectivity index (χ1) is 12.6. The maximum Gasteiger partial charge on any atom is 0.340 e. The van der Waals surface area contributed by atoms with Crippen molar-refractivity contribution in [3.8, 4) is 0 Å². The van der Waals surface area contributed by atoms with E-state index in [9.17, 15) is 4.79 Å². The summed E-state index contributed by atoms with van der Waals surface area (Å²) in [7, 11) is 0. The number of pyridine rings is 1. The molecular formula is C20H25N3O2S. The van der Waals surface area contributed by atoms with Crippen molar-refractivity contribution in [3.63, 3.8) is 0 Å². The minimum absolute atomic E-state index is 0.0529. The van der Waals surface area contributed by atoms with Crippen molar-refractivity contribution >= 4 is 33.8 Å². The van der Waals surface area contributed by atoms with Crippen LogP contribution >= 0.6 is 11.8 Å². The van der Waals surface area contributed by atoms with Crippen LogP contribution in [0, 0.1) is 5.41 Å². The van der Waals surface area contributed by atoms with Crippen molar-refractivity contribution in [2.75, 3.05) is 6.61 Å². The topological polar surface area (TPSA) is 89.1 Å². The van der Waals surface area contributed by atoms with Crippen LogP contribution in [-0.2, 0) is 4.74 Å². The number of rotatable bonds is 4. The maximum atomic E-state index is 12.3. The normalized spacial score (nSPS) is 15.6. The van der Waals surface area contributed by atoms with Crippen LogP contribution < -0.4 is 5.73 Å². The summed E-state index contributed by atoms with van der Waals surface area (Å²) in [5, 5.41) is 8.51. The molecule has 1 saturated carbocycles. The summed E-state index contributed by atoms with van der Waals surface area (Å²) in [6.07, 6.45) is 9.07. The first-order valence-corrected chi connectivity index (χ1v) is 10.0. The van der Waals surface area contributed by atoms with Gasteiger partial charge in [0.05, 0.1) is 17.7 Å². The number of aromatic nitrogens is 1. The summed E-state index contributed by atoms with van der Waals surface area (Å²) in [6.45, 7) is 2.07. The van der Waals surface area contributed by atoms with Gasteiger partial charge in [0.1, 0.15) is 0 Å². The van der Waals surface area contributed by atoms with Crippen LogP contribution in [0.25, 0.3) is 10.9 Å². The molecular weight excluding hydrogens is 346 g/mol. The Morgan fingerprint density at radius 3 is 2.69 bits per heavy atom. The number of nitrogens with zero attached hydrogens (tertiary/aromatic N) is 1. The smallest absolute Gasteiger partial charge is 0.340 e. The molecule has 3 N–H and O–H groups in total. The van der Waals surface area contributed by atoms with Crippen LogP contribution in [0.15, 0.2) is 29.3 Å². The predicted molar refractivity (Wildman–Crippen MR) is 106 cm³/mol. The van der Waals surface area contributed by atoms with Gasteiger partial charge in [-0.2, -0.15) is 0 Å². The van der Waals surface area contributed by atoms with Gasteiger partial charge in [0.25, 0.3) is 0 Å². The number of esters is 1. The van der Waals surface area contributed by atoms with Crippen LogP contribution in [0.4, 0.5) is 0 Å². The highest BCUT2D eigenvalue weighted by atomic mass is 32.2. The molecule has 1 heterocycles. The molecule has 0 atom stereocenters. The highest BCUT2D eigenvalue weighted by molar-refractivity contribution is 8.13. The Bertz CT molecular complexity index is 814. The van der Waals surface area contributed by atoms with Crippen LogP contribution in [0.3, 0.4) is 0 Å². The second-order valence-corrected chi connectivity index (χ2v) is 7.71. The summed E-state index contributed by atoms with van der Waals surface area (Å²) < 4.78 is 5.16. The third-order valence-corrected chi connectivity index (χ3v) is 5.74. The molecule has 6 heteroatoms. The lowest BCUT2D eigenvalue weighted by molar-refractivity contribution is 0.0522. The van der Waals surface area contributed by atoms with Crippen molar-refractivity contribution in [1.82, 2.24) is 4.98 Å². The van der Waals surface area contributed by atoms with E-state index in [2.05, 4.69) is 17.1 Å². The number of thioether (sulfide) groups is 1. The lowest BCUT2D eigenvalue weighted by Gasteiger charge is -2.17. The number of hydrogen-bond donors (Lipinski definition) is 2. The van der Waals surface area contributed by atoms with Gasteiger partial charge < -0.3 is 10.5 Å². The number of carbonyl (C=O) groups excluding carboxylic acids is 1. The highest BCUT2D eigenvalue weighted by Gasteiger charge is 2.20. The van der Waals surface area contributed by atoms with Crippen LogP contribution in [0.2, 0.25) is 0 Å². The van der Waals surface area contributed by atoms with E-state index in [1.807, 2.05) is 6.07 Å². The monoisotopic (exact) mass is 371 g/mol. The van der Waals surface area contributed by atoms with Crippen molar-refractivity contribution < 1.29 is 9.53 Å². The van der Waals surface area contributed by atoms with Gasteiger partial charge in [-0.05, 0) is 43.4 Å². The third kappa shape index (κ3) is 4.18.